The van der Waals surface area contributed by atoms with Crippen molar-refractivity contribution in [2.24, 2.45) is 0 Å². The van der Waals surface area contributed by atoms with E-state index in [1.54, 1.807) is 0 Å². The van der Waals surface area contributed by atoms with Gasteiger partial charge in [0.05, 0.1) is 12.2 Å². The highest BCUT2D eigenvalue weighted by Gasteiger charge is 2.16. The first-order valence-corrected chi connectivity index (χ1v) is 5.48. The Bertz CT molecular complexity index is 267. The van der Waals surface area contributed by atoms with Gasteiger partial charge in [0.15, 0.2) is 0 Å². The molecule has 1 N–H and O–H groups in total. The van der Waals surface area contributed by atoms with Crippen LogP contribution in [-0.2, 0) is 11.3 Å². The summed E-state index contributed by atoms with van der Waals surface area (Å²) in [5.41, 5.74) is 0.588. The molecule has 1 aromatic carbocycles. The van der Waals surface area contributed by atoms with Gasteiger partial charge in [-0.2, -0.15) is 0 Å². The van der Waals surface area contributed by atoms with E-state index in [1.807, 2.05) is 44.2 Å². The standard InChI is InChI=1S/C13H20O2/c1-3-13(2,14)9-10-15-11-12-7-5-4-6-8-12/h4-8,14H,3,9-11H2,1-2H3. The number of aliphatic hydroxyl groups is 1. The number of hydrogen-bond donors (Lipinski definition) is 1. The Hall–Kier alpha value is -0.860. The van der Waals surface area contributed by atoms with E-state index in [2.05, 4.69) is 0 Å². The Kier molecular flexibility index (Phi) is 4.79. The third-order valence-electron chi connectivity index (χ3n) is 2.66. The van der Waals surface area contributed by atoms with Gasteiger partial charge in [-0.3, -0.25) is 0 Å². The molecule has 1 atom stereocenters. The molecule has 1 unspecified atom stereocenters. The minimum atomic E-state index is -0.587. The van der Waals surface area contributed by atoms with Gasteiger partial charge < -0.3 is 9.84 Å². The van der Waals surface area contributed by atoms with Crippen LogP contribution in [0.3, 0.4) is 0 Å². The summed E-state index contributed by atoms with van der Waals surface area (Å²) < 4.78 is 5.50. The topological polar surface area (TPSA) is 29.5 Å². The van der Waals surface area contributed by atoms with Gasteiger partial charge in [-0.15, -0.1) is 0 Å². The lowest BCUT2D eigenvalue weighted by Gasteiger charge is -2.20. The number of hydrogen-bond acceptors (Lipinski definition) is 2. The van der Waals surface area contributed by atoms with Crippen molar-refractivity contribution in [3.63, 3.8) is 0 Å². The molecule has 2 nitrogen and oxygen atoms in total. The Labute approximate surface area is 91.9 Å². The van der Waals surface area contributed by atoms with Crippen LogP contribution >= 0.6 is 0 Å². The third kappa shape index (κ3) is 4.96. The lowest BCUT2D eigenvalue weighted by molar-refractivity contribution is 0.00771. The van der Waals surface area contributed by atoms with E-state index in [0.717, 1.165) is 6.42 Å². The molecule has 15 heavy (non-hydrogen) atoms. The van der Waals surface area contributed by atoms with Crippen LogP contribution in [0.1, 0.15) is 32.3 Å². The highest BCUT2D eigenvalue weighted by molar-refractivity contribution is 5.13. The summed E-state index contributed by atoms with van der Waals surface area (Å²) in [4.78, 5) is 0. The summed E-state index contributed by atoms with van der Waals surface area (Å²) in [6.45, 7) is 5.06. The zero-order valence-electron chi connectivity index (χ0n) is 9.57. The lowest BCUT2D eigenvalue weighted by Crippen LogP contribution is -2.24. The largest absolute Gasteiger partial charge is 0.390 e. The summed E-state index contributed by atoms with van der Waals surface area (Å²) >= 11 is 0. The zero-order valence-corrected chi connectivity index (χ0v) is 9.57. The molecule has 0 heterocycles. The predicted molar refractivity (Wildman–Crippen MR) is 61.6 cm³/mol. The number of benzene rings is 1. The highest BCUT2D eigenvalue weighted by Crippen LogP contribution is 2.13. The van der Waals surface area contributed by atoms with Crippen LogP contribution in [0.2, 0.25) is 0 Å². The average molecular weight is 208 g/mol. The monoisotopic (exact) mass is 208 g/mol. The van der Waals surface area contributed by atoms with Crippen molar-refractivity contribution in [1.29, 1.82) is 0 Å². The minimum absolute atomic E-state index is 0.587. The van der Waals surface area contributed by atoms with E-state index >= 15 is 0 Å². The van der Waals surface area contributed by atoms with E-state index in [1.165, 1.54) is 5.56 Å². The first-order valence-electron chi connectivity index (χ1n) is 5.48. The SMILES string of the molecule is CCC(C)(O)CCOCc1ccccc1. The molecule has 0 aliphatic heterocycles. The van der Waals surface area contributed by atoms with Crippen molar-refractivity contribution in [3.8, 4) is 0 Å². The van der Waals surface area contributed by atoms with E-state index in [0.29, 0.717) is 19.6 Å². The fourth-order valence-electron chi connectivity index (χ4n) is 1.23. The molecule has 0 aromatic heterocycles. The normalized spacial score (nSPS) is 14.9. The Morgan fingerprint density at radius 1 is 1.27 bits per heavy atom. The molecule has 0 fully saturated rings. The first kappa shape index (κ1) is 12.2. The molecule has 0 saturated heterocycles. The van der Waals surface area contributed by atoms with Crippen molar-refractivity contribution >= 4 is 0 Å². The maximum atomic E-state index is 9.74. The quantitative estimate of drug-likeness (QED) is 0.728. The molecule has 0 bridgehead atoms. The van der Waals surface area contributed by atoms with Gasteiger partial charge in [0.1, 0.15) is 0 Å². The summed E-state index contributed by atoms with van der Waals surface area (Å²) in [7, 11) is 0. The lowest BCUT2D eigenvalue weighted by atomic mass is 10.0. The molecule has 1 rings (SSSR count). The molecule has 2 heteroatoms. The van der Waals surface area contributed by atoms with E-state index in [9.17, 15) is 5.11 Å². The Balaban J connectivity index is 2.18. The van der Waals surface area contributed by atoms with Crippen LogP contribution in [0.15, 0.2) is 30.3 Å². The molecule has 0 radical (unpaired) electrons. The molecule has 0 aliphatic rings. The van der Waals surface area contributed by atoms with Gasteiger partial charge >= 0.3 is 0 Å². The third-order valence-corrected chi connectivity index (χ3v) is 2.66. The molecule has 84 valence electrons. The van der Waals surface area contributed by atoms with Crippen LogP contribution in [0.5, 0.6) is 0 Å². The molecular weight excluding hydrogens is 188 g/mol. The Morgan fingerprint density at radius 2 is 1.93 bits per heavy atom. The maximum absolute atomic E-state index is 9.74. The van der Waals surface area contributed by atoms with E-state index in [4.69, 9.17) is 4.74 Å². The van der Waals surface area contributed by atoms with E-state index < -0.39 is 5.60 Å². The van der Waals surface area contributed by atoms with Crippen molar-refractivity contribution in [2.75, 3.05) is 6.61 Å². The smallest absolute Gasteiger partial charge is 0.0716 e. The maximum Gasteiger partial charge on any atom is 0.0716 e. The van der Waals surface area contributed by atoms with Gasteiger partial charge in [-0.25, -0.2) is 0 Å². The Morgan fingerprint density at radius 3 is 2.53 bits per heavy atom. The van der Waals surface area contributed by atoms with Crippen LogP contribution in [0.25, 0.3) is 0 Å². The van der Waals surface area contributed by atoms with Gasteiger partial charge in [0.2, 0.25) is 0 Å². The predicted octanol–water partition coefficient (Wildman–Crippen LogP) is 2.75. The molecular formula is C13H20O2. The average Bonchev–Trinajstić information content (AvgIpc) is 2.26. The van der Waals surface area contributed by atoms with Crippen molar-refractivity contribution in [3.05, 3.63) is 35.9 Å². The van der Waals surface area contributed by atoms with Crippen LogP contribution in [0, 0.1) is 0 Å². The van der Waals surface area contributed by atoms with Crippen LogP contribution in [-0.4, -0.2) is 17.3 Å². The fraction of sp³-hybridized carbons (Fsp3) is 0.538. The second-order valence-corrected chi connectivity index (χ2v) is 4.14. The molecule has 0 spiro atoms. The molecule has 0 amide bonds. The second-order valence-electron chi connectivity index (χ2n) is 4.14. The van der Waals surface area contributed by atoms with Crippen LogP contribution in [0.4, 0.5) is 0 Å². The highest BCUT2D eigenvalue weighted by atomic mass is 16.5. The van der Waals surface area contributed by atoms with Gasteiger partial charge in [0.25, 0.3) is 0 Å². The second kappa shape index (κ2) is 5.89. The van der Waals surface area contributed by atoms with Crippen LogP contribution < -0.4 is 0 Å². The van der Waals surface area contributed by atoms with Gasteiger partial charge in [-0.1, -0.05) is 37.3 Å². The fourth-order valence-corrected chi connectivity index (χ4v) is 1.23. The summed E-state index contributed by atoms with van der Waals surface area (Å²) in [6, 6.07) is 10.1. The molecule has 0 saturated carbocycles. The summed E-state index contributed by atoms with van der Waals surface area (Å²) in [5, 5.41) is 9.74. The number of rotatable bonds is 6. The molecule has 0 aliphatic carbocycles. The van der Waals surface area contributed by atoms with E-state index in [-0.39, 0.29) is 0 Å². The van der Waals surface area contributed by atoms with Crippen molar-refractivity contribution in [1.82, 2.24) is 0 Å². The van der Waals surface area contributed by atoms with Gasteiger partial charge in [-0.05, 0) is 25.3 Å². The summed E-state index contributed by atoms with van der Waals surface area (Å²) in [6.07, 6.45) is 1.46. The minimum Gasteiger partial charge on any atom is -0.390 e. The van der Waals surface area contributed by atoms with Crippen molar-refractivity contribution < 1.29 is 9.84 Å². The summed E-state index contributed by atoms with van der Waals surface area (Å²) in [5.74, 6) is 0. The van der Waals surface area contributed by atoms with Crippen molar-refractivity contribution in [2.45, 2.75) is 38.9 Å². The van der Waals surface area contributed by atoms with Gasteiger partial charge in [0, 0.05) is 6.61 Å². The first-order chi connectivity index (χ1) is 7.14. The zero-order chi connectivity index (χ0) is 11.1. The molecule has 1 aromatic rings. The number of ether oxygens (including phenoxy) is 1.